The Bertz CT molecular complexity index is 328. The molecule has 16 heavy (non-hydrogen) atoms. The summed E-state index contributed by atoms with van der Waals surface area (Å²) in [5.41, 5.74) is 1.13. The highest BCUT2D eigenvalue weighted by Crippen LogP contribution is 2.14. The van der Waals surface area contributed by atoms with Gasteiger partial charge < -0.3 is 5.32 Å². The average molecular weight is 261 g/mol. The van der Waals surface area contributed by atoms with Crippen molar-refractivity contribution >= 4 is 23.2 Å². The molecule has 1 N–H and O–H groups in total. The minimum absolute atomic E-state index is 0. The normalized spacial score (nSPS) is 18.8. The molecule has 0 saturated carbocycles. The smallest absolute Gasteiger partial charge is 0.0489 e. The van der Waals surface area contributed by atoms with Gasteiger partial charge in [0.25, 0.3) is 0 Å². The van der Waals surface area contributed by atoms with E-state index in [0.717, 1.165) is 31.5 Å². The lowest BCUT2D eigenvalue weighted by molar-refractivity contribution is 0.519. The van der Waals surface area contributed by atoms with Crippen molar-refractivity contribution in [3.63, 3.8) is 0 Å². The lowest BCUT2D eigenvalue weighted by Crippen LogP contribution is -2.33. The summed E-state index contributed by atoms with van der Waals surface area (Å²) in [6.45, 7) is 2.01. The highest BCUT2D eigenvalue weighted by Gasteiger charge is 2.19. The van der Waals surface area contributed by atoms with Crippen LogP contribution in [0.15, 0.2) is 24.5 Å². The molecular formula is C11H17ClN2OS. The molecule has 1 aliphatic rings. The summed E-state index contributed by atoms with van der Waals surface area (Å²) in [7, 11) is -0.725. The van der Waals surface area contributed by atoms with Gasteiger partial charge in [0.05, 0.1) is 0 Å². The van der Waals surface area contributed by atoms with Crippen LogP contribution in [0.4, 0.5) is 0 Å². The molecule has 0 amide bonds. The number of aromatic nitrogens is 1. The molecule has 0 aliphatic carbocycles. The van der Waals surface area contributed by atoms with E-state index < -0.39 is 10.8 Å². The zero-order valence-electron chi connectivity index (χ0n) is 9.09. The first kappa shape index (κ1) is 13.6. The Kier molecular flexibility index (Phi) is 5.95. The van der Waals surface area contributed by atoms with Crippen molar-refractivity contribution in [3.05, 3.63) is 30.1 Å². The number of nitrogens with one attached hydrogen (secondary N) is 1. The molecule has 1 aromatic heterocycles. The molecule has 3 nitrogen and oxygen atoms in total. The summed E-state index contributed by atoms with van der Waals surface area (Å²) < 4.78 is 12.0. The Hall–Kier alpha value is -0.450. The number of halogens is 1. The van der Waals surface area contributed by atoms with E-state index in [0.29, 0.717) is 11.0 Å². The molecule has 0 bridgehead atoms. The topological polar surface area (TPSA) is 42.0 Å². The first-order valence-electron chi connectivity index (χ1n) is 5.33. The first-order chi connectivity index (χ1) is 7.36. The van der Waals surface area contributed by atoms with Gasteiger partial charge >= 0.3 is 0 Å². The third-order valence-electron chi connectivity index (χ3n) is 2.72. The molecule has 5 heteroatoms. The maximum absolute atomic E-state index is 12.0. The van der Waals surface area contributed by atoms with Crippen LogP contribution in [-0.4, -0.2) is 27.5 Å². The van der Waals surface area contributed by atoms with Gasteiger partial charge in [0.1, 0.15) is 0 Å². The Morgan fingerprint density at radius 1 is 1.31 bits per heavy atom. The fraction of sp³-hybridized carbons (Fsp3) is 0.545. The van der Waals surface area contributed by atoms with Crippen LogP contribution in [0.5, 0.6) is 0 Å². The van der Waals surface area contributed by atoms with E-state index in [9.17, 15) is 4.21 Å². The molecule has 0 spiro atoms. The van der Waals surface area contributed by atoms with Gasteiger partial charge in [-0.15, -0.1) is 12.4 Å². The Labute approximate surface area is 105 Å². The fourth-order valence-electron chi connectivity index (χ4n) is 1.82. The summed E-state index contributed by atoms with van der Waals surface area (Å²) in [6.07, 6.45) is 5.60. The SMILES string of the molecule is Cl.O=S(Cc1ccncc1)C1CCNCC1. The van der Waals surface area contributed by atoms with Crippen LogP contribution in [-0.2, 0) is 16.6 Å². The van der Waals surface area contributed by atoms with Crippen LogP contribution in [0.2, 0.25) is 0 Å². The van der Waals surface area contributed by atoms with E-state index >= 15 is 0 Å². The Morgan fingerprint density at radius 3 is 2.56 bits per heavy atom. The molecule has 1 aliphatic heterocycles. The minimum atomic E-state index is -0.725. The maximum atomic E-state index is 12.0. The summed E-state index contributed by atoms with van der Waals surface area (Å²) in [4.78, 5) is 3.96. The van der Waals surface area contributed by atoms with Crippen LogP contribution in [0.3, 0.4) is 0 Å². The predicted molar refractivity (Wildman–Crippen MR) is 69.2 cm³/mol. The number of hydrogen-bond acceptors (Lipinski definition) is 3. The quantitative estimate of drug-likeness (QED) is 0.896. The van der Waals surface area contributed by atoms with Crippen LogP contribution in [0.1, 0.15) is 18.4 Å². The van der Waals surface area contributed by atoms with Gasteiger partial charge in [0.15, 0.2) is 0 Å². The summed E-state index contributed by atoms with van der Waals surface area (Å²) >= 11 is 0. The van der Waals surface area contributed by atoms with Gasteiger partial charge in [-0.2, -0.15) is 0 Å². The van der Waals surface area contributed by atoms with Gasteiger partial charge in [-0.1, -0.05) is 0 Å². The molecule has 0 aromatic carbocycles. The highest BCUT2D eigenvalue weighted by atomic mass is 35.5. The third-order valence-corrected chi connectivity index (χ3v) is 4.55. The molecule has 2 heterocycles. The average Bonchev–Trinajstić information content (AvgIpc) is 2.31. The summed E-state index contributed by atoms with van der Waals surface area (Å²) in [5.74, 6) is 0.674. The summed E-state index contributed by atoms with van der Waals surface area (Å²) in [5, 5.41) is 3.66. The van der Waals surface area contributed by atoms with Crippen molar-refractivity contribution < 1.29 is 4.21 Å². The van der Waals surface area contributed by atoms with Gasteiger partial charge in [0.2, 0.25) is 0 Å². The molecule has 2 rings (SSSR count). The van der Waals surface area contributed by atoms with Gasteiger partial charge in [-0.3, -0.25) is 9.19 Å². The third kappa shape index (κ3) is 3.85. The second kappa shape index (κ2) is 6.99. The molecule has 0 radical (unpaired) electrons. The standard InChI is InChI=1S/C11H16N2OS.ClH/c14-15(11-3-7-13-8-4-11)9-10-1-5-12-6-2-10;/h1-2,5-6,11,13H,3-4,7-9H2;1H. The van der Waals surface area contributed by atoms with E-state index in [1.54, 1.807) is 12.4 Å². The Morgan fingerprint density at radius 2 is 1.94 bits per heavy atom. The fourth-order valence-corrected chi connectivity index (χ4v) is 3.34. The van der Waals surface area contributed by atoms with Crippen LogP contribution >= 0.6 is 12.4 Å². The number of nitrogens with zero attached hydrogens (tertiary/aromatic N) is 1. The van der Waals surface area contributed by atoms with E-state index in [2.05, 4.69) is 10.3 Å². The van der Waals surface area contributed by atoms with Crippen LogP contribution in [0, 0.1) is 0 Å². The first-order valence-corrected chi connectivity index (χ1v) is 6.71. The molecule has 1 aromatic rings. The van der Waals surface area contributed by atoms with E-state index in [1.807, 2.05) is 12.1 Å². The lowest BCUT2D eigenvalue weighted by atomic mass is 10.2. The molecule has 90 valence electrons. The second-order valence-electron chi connectivity index (χ2n) is 3.83. The van der Waals surface area contributed by atoms with E-state index in [-0.39, 0.29) is 12.4 Å². The van der Waals surface area contributed by atoms with Crippen molar-refractivity contribution in [2.24, 2.45) is 0 Å². The van der Waals surface area contributed by atoms with Gasteiger partial charge in [-0.25, -0.2) is 0 Å². The molecule has 1 atom stereocenters. The zero-order chi connectivity index (χ0) is 10.5. The molecule has 1 unspecified atom stereocenters. The van der Waals surface area contributed by atoms with Crippen LogP contribution < -0.4 is 5.32 Å². The highest BCUT2D eigenvalue weighted by molar-refractivity contribution is 7.84. The van der Waals surface area contributed by atoms with Crippen molar-refractivity contribution in [2.45, 2.75) is 23.8 Å². The van der Waals surface area contributed by atoms with Gasteiger partial charge in [-0.05, 0) is 43.6 Å². The maximum Gasteiger partial charge on any atom is 0.0489 e. The van der Waals surface area contributed by atoms with Crippen molar-refractivity contribution in [1.82, 2.24) is 10.3 Å². The van der Waals surface area contributed by atoms with E-state index in [1.165, 1.54) is 0 Å². The number of piperidine rings is 1. The number of hydrogen-bond donors (Lipinski definition) is 1. The van der Waals surface area contributed by atoms with E-state index in [4.69, 9.17) is 0 Å². The number of pyridine rings is 1. The molecule has 1 fully saturated rings. The molecule has 1 saturated heterocycles. The number of rotatable bonds is 3. The molecular weight excluding hydrogens is 244 g/mol. The second-order valence-corrected chi connectivity index (χ2v) is 5.55. The zero-order valence-corrected chi connectivity index (χ0v) is 10.7. The van der Waals surface area contributed by atoms with Crippen molar-refractivity contribution in [1.29, 1.82) is 0 Å². The minimum Gasteiger partial charge on any atom is -0.317 e. The Balaban J connectivity index is 0.00000128. The van der Waals surface area contributed by atoms with Gasteiger partial charge in [0, 0.05) is 34.2 Å². The van der Waals surface area contributed by atoms with Crippen LogP contribution in [0.25, 0.3) is 0 Å². The summed E-state index contributed by atoms with van der Waals surface area (Å²) in [6, 6.07) is 3.89. The van der Waals surface area contributed by atoms with Crippen molar-refractivity contribution in [2.75, 3.05) is 13.1 Å². The lowest BCUT2D eigenvalue weighted by Gasteiger charge is -2.21. The largest absolute Gasteiger partial charge is 0.317 e. The monoisotopic (exact) mass is 260 g/mol. The van der Waals surface area contributed by atoms with Crippen molar-refractivity contribution in [3.8, 4) is 0 Å². The predicted octanol–water partition coefficient (Wildman–Crippen LogP) is 1.50.